The van der Waals surface area contributed by atoms with Crippen molar-refractivity contribution in [3.8, 4) is 11.1 Å². The lowest BCUT2D eigenvalue weighted by Crippen LogP contribution is -2.37. The van der Waals surface area contributed by atoms with Gasteiger partial charge in [-0.1, -0.05) is 18.2 Å². The first kappa shape index (κ1) is 23.7. The van der Waals surface area contributed by atoms with Gasteiger partial charge in [-0.2, -0.15) is 0 Å². The van der Waals surface area contributed by atoms with Crippen LogP contribution in [0.25, 0.3) is 11.1 Å². The van der Waals surface area contributed by atoms with Crippen molar-refractivity contribution in [3.05, 3.63) is 112 Å². The zero-order chi connectivity index (χ0) is 25.6. The number of aromatic nitrogens is 2. The summed E-state index contributed by atoms with van der Waals surface area (Å²) in [5.74, 6) is -0.632. The molecule has 0 saturated carbocycles. The molecule has 1 aliphatic rings. The quantitative estimate of drug-likeness (QED) is 0.419. The van der Waals surface area contributed by atoms with Crippen molar-refractivity contribution in [2.24, 2.45) is 7.05 Å². The van der Waals surface area contributed by atoms with Gasteiger partial charge in [-0.3, -0.25) is 10.2 Å². The summed E-state index contributed by atoms with van der Waals surface area (Å²) in [6, 6.07) is 13.6. The zero-order valence-electron chi connectivity index (χ0n) is 20.6. The van der Waals surface area contributed by atoms with Gasteiger partial charge in [0.15, 0.2) is 0 Å². The number of hydrogen-bond donors (Lipinski definition) is 1. The Balaban J connectivity index is 1.58. The highest BCUT2D eigenvalue weighted by atomic mass is 19.1. The zero-order valence-corrected chi connectivity index (χ0v) is 20.6. The van der Waals surface area contributed by atoms with E-state index in [9.17, 15) is 13.6 Å². The highest BCUT2D eigenvalue weighted by molar-refractivity contribution is 5.99. The second kappa shape index (κ2) is 9.22. The molecule has 3 aromatic carbocycles. The maximum atomic E-state index is 13.9. The molecule has 0 aliphatic carbocycles. The molecule has 0 saturated heterocycles. The molecule has 1 aliphatic heterocycles. The van der Waals surface area contributed by atoms with Crippen LogP contribution < -0.4 is 5.62 Å². The topological polar surface area (TPSA) is 54.0 Å². The molecule has 0 radical (unpaired) electrons. The second-order valence-electron chi connectivity index (χ2n) is 9.55. The summed E-state index contributed by atoms with van der Waals surface area (Å²) in [6.45, 7) is 4.97. The van der Waals surface area contributed by atoms with E-state index in [4.69, 9.17) is 5.41 Å². The van der Waals surface area contributed by atoms with E-state index in [0.717, 1.165) is 33.4 Å². The first-order chi connectivity index (χ1) is 17.2. The summed E-state index contributed by atoms with van der Waals surface area (Å²) in [4.78, 5) is 15.5. The molecule has 5 rings (SSSR count). The number of aryl methyl sites for hydroxylation is 3. The first-order valence-corrected chi connectivity index (χ1v) is 11.9. The molecule has 0 fully saturated rings. The fraction of sp³-hybridized carbons (Fsp3) is 0.241. The molecule has 36 heavy (non-hydrogen) atoms. The molecule has 2 heterocycles. The lowest BCUT2D eigenvalue weighted by atomic mass is 9.86. The molecular weight excluding hydrogens is 458 g/mol. The van der Waals surface area contributed by atoms with Crippen LogP contribution in [0.4, 0.5) is 8.78 Å². The molecule has 0 unspecified atom stereocenters. The Morgan fingerprint density at radius 2 is 1.64 bits per heavy atom. The normalized spacial score (nSPS) is 13.2. The lowest BCUT2D eigenvalue weighted by Gasteiger charge is -2.31. The van der Waals surface area contributed by atoms with Crippen LogP contribution in [0.15, 0.2) is 60.9 Å². The Morgan fingerprint density at radius 3 is 2.33 bits per heavy atom. The van der Waals surface area contributed by atoms with Crippen LogP contribution in [-0.4, -0.2) is 26.5 Å². The molecule has 7 heteroatoms. The maximum Gasteiger partial charge on any atom is 0.254 e. The monoisotopic (exact) mass is 486 g/mol. The van der Waals surface area contributed by atoms with Crippen LogP contribution in [0.3, 0.4) is 0 Å². The van der Waals surface area contributed by atoms with E-state index in [1.807, 2.05) is 37.0 Å². The third-order valence-electron chi connectivity index (χ3n) is 6.96. The number of benzene rings is 3. The van der Waals surface area contributed by atoms with Gasteiger partial charge in [0.1, 0.15) is 11.6 Å². The van der Waals surface area contributed by atoms with Gasteiger partial charge in [0.05, 0.1) is 6.54 Å². The number of rotatable bonds is 5. The molecule has 0 atom stereocenters. The molecular formula is C29H28F2N4O. The third-order valence-corrected chi connectivity index (χ3v) is 6.96. The second-order valence-corrected chi connectivity index (χ2v) is 9.55. The smallest absolute Gasteiger partial charge is 0.254 e. The van der Waals surface area contributed by atoms with Crippen LogP contribution in [0.5, 0.6) is 0 Å². The van der Waals surface area contributed by atoms with E-state index >= 15 is 0 Å². The van der Waals surface area contributed by atoms with E-state index in [0.29, 0.717) is 42.8 Å². The third kappa shape index (κ3) is 4.37. The van der Waals surface area contributed by atoms with Gasteiger partial charge in [-0.15, -0.1) is 0 Å². The van der Waals surface area contributed by atoms with E-state index in [2.05, 4.69) is 6.07 Å². The summed E-state index contributed by atoms with van der Waals surface area (Å²) >= 11 is 0. The predicted octanol–water partition coefficient (Wildman–Crippen LogP) is 5.11. The number of hydrogen-bond acceptors (Lipinski definition) is 2. The van der Waals surface area contributed by atoms with Crippen molar-refractivity contribution in [3.63, 3.8) is 0 Å². The highest BCUT2D eigenvalue weighted by Gasteiger charge is 2.28. The number of fused-ring (bicyclic) bond motifs is 1. The van der Waals surface area contributed by atoms with Gasteiger partial charge >= 0.3 is 0 Å². The minimum absolute atomic E-state index is 0.0785. The molecule has 5 nitrogen and oxygen atoms in total. The summed E-state index contributed by atoms with van der Waals surface area (Å²) in [6.07, 6.45) is 4.33. The summed E-state index contributed by atoms with van der Waals surface area (Å²) in [5, 5.41) is 8.30. The van der Waals surface area contributed by atoms with Gasteiger partial charge in [-0.05, 0) is 89.5 Å². The minimum Gasteiger partial charge on any atom is -0.334 e. The average molecular weight is 487 g/mol. The minimum atomic E-state index is -0.295. The summed E-state index contributed by atoms with van der Waals surface area (Å²) < 4.78 is 31.2. The van der Waals surface area contributed by atoms with Crippen LogP contribution in [0, 0.1) is 30.9 Å². The van der Waals surface area contributed by atoms with Gasteiger partial charge < -0.3 is 14.0 Å². The molecule has 0 bridgehead atoms. The molecule has 1 aromatic heterocycles. The van der Waals surface area contributed by atoms with Crippen molar-refractivity contribution in [1.82, 2.24) is 14.0 Å². The van der Waals surface area contributed by atoms with Crippen LogP contribution in [-0.2, 0) is 26.6 Å². The number of nitrogens with zero attached hydrogens (tertiary/aromatic N) is 3. The van der Waals surface area contributed by atoms with Crippen LogP contribution >= 0.6 is 0 Å². The molecule has 184 valence electrons. The molecule has 1 N–H and O–H groups in total. The lowest BCUT2D eigenvalue weighted by molar-refractivity contribution is 0.0727. The standard InChI is InChI=1S/C29H28F2N4O/c1-18-13-22(30)5-6-23(18)25-14-21(17-35-11-10-33(3)29(35)32)15-26-24(25)8-9-34(28(26)36)16-20-4-7-27(31)19(2)12-20/h4-7,10-15,32H,8-9,16-17H2,1-3H3. The van der Waals surface area contributed by atoms with E-state index in [1.54, 1.807) is 34.6 Å². The number of imidazole rings is 1. The fourth-order valence-corrected chi connectivity index (χ4v) is 5.00. The number of nitrogens with one attached hydrogen (secondary N) is 1. The number of halogens is 2. The highest BCUT2D eigenvalue weighted by Crippen LogP contribution is 2.34. The average Bonchev–Trinajstić information content (AvgIpc) is 3.15. The fourth-order valence-electron chi connectivity index (χ4n) is 5.00. The SMILES string of the molecule is Cc1cc(CN2CCc3c(cc(Cn4ccn(C)c4=N)cc3-c3ccc(F)cc3C)C2=O)ccc1F. The Morgan fingerprint density at radius 1 is 0.861 bits per heavy atom. The summed E-state index contributed by atoms with van der Waals surface area (Å²) in [5.41, 5.74) is 6.89. The number of carbonyl (C=O) groups excluding carboxylic acids is 1. The van der Waals surface area contributed by atoms with Gasteiger partial charge in [-0.25, -0.2) is 8.78 Å². The summed E-state index contributed by atoms with van der Waals surface area (Å²) in [7, 11) is 1.82. The Labute approximate surface area is 208 Å². The first-order valence-electron chi connectivity index (χ1n) is 11.9. The van der Waals surface area contributed by atoms with Crippen LogP contribution in [0.1, 0.15) is 38.2 Å². The number of carbonyl (C=O) groups is 1. The largest absolute Gasteiger partial charge is 0.334 e. The molecule has 1 amide bonds. The Bertz CT molecular complexity index is 1550. The predicted molar refractivity (Wildman–Crippen MR) is 135 cm³/mol. The van der Waals surface area contributed by atoms with Crippen molar-refractivity contribution in [2.45, 2.75) is 33.4 Å². The van der Waals surface area contributed by atoms with E-state index in [-0.39, 0.29) is 17.5 Å². The van der Waals surface area contributed by atoms with Crippen molar-refractivity contribution >= 4 is 5.91 Å². The van der Waals surface area contributed by atoms with E-state index in [1.165, 1.54) is 18.2 Å². The van der Waals surface area contributed by atoms with Gasteiger partial charge in [0.25, 0.3) is 5.91 Å². The Kier molecular flexibility index (Phi) is 6.08. The van der Waals surface area contributed by atoms with E-state index < -0.39 is 0 Å². The van der Waals surface area contributed by atoms with Crippen molar-refractivity contribution < 1.29 is 13.6 Å². The molecule has 4 aromatic rings. The maximum absolute atomic E-state index is 13.9. The Hall–Kier alpha value is -4.00. The van der Waals surface area contributed by atoms with Crippen molar-refractivity contribution in [1.29, 1.82) is 5.41 Å². The van der Waals surface area contributed by atoms with Crippen LogP contribution in [0.2, 0.25) is 0 Å². The number of amides is 1. The molecule has 0 spiro atoms. The van der Waals surface area contributed by atoms with Gasteiger partial charge in [0.2, 0.25) is 5.62 Å². The van der Waals surface area contributed by atoms with Crippen molar-refractivity contribution in [2.75, 3.05) is 6.54 Å². The van der Waals surface area contributed by atoms with Gasteiger partial charge in [0, 0.05) is 38.1 Å².